The molecule has 0 radical (unpaired) electrons. The number of nitrogen functional groups attached to an aromatic ring is 1. The number of nitrogens with two attached hydrogens (primary N) is 1. The van der Waals surface area contributed by atoms with Gasteiger partial charge in [0.2, 0.25) is 0 Å². The third-order valence-corrected chi connectivity index (χ3v) is 4.59. The number of aliphatic imine (C=N–C) groups is 1. The number of nitriles is 1. The summed E-state index contributed by atoms with van der Waals surface area (Å²) in [4.78, 5) is 30.4. The van der Waals surface area contributed by atoms with E-state index < -0.39 is 10.9 Å². The molecule has 1 aromatic carbocycles. The minimum Gasteiger partial charge on any atom is -0.468 e. The van der Waals surface area contributed by atoms with Gasteiger partial charge in [-0.15, -0.1) is 0 Å². The van der Waals surface area contributed by atoms with Crippen molar-refractivity contribution in [1.29, 1.82) is 5.26 Å². The van der Waals surface area contributed by atoms with Crippen LogP contribution in [0, 0.1) is 21.4 Å². The highest BCUT2D eigenvalue weighted by Gasteiger charge is 2.25. The van der Waals surface area contributed by atoms with Crippen molar-refractivity contribution in [3.8, 4) is 17.2 Å². The van der Waals surface area contributed by atoms with Gasteiger partial charge in [-0.2, -0.15) is 5.26 Å². The number of hydrogen-bond acceptors (Lipinski definition) is 9. The first-order valence-corrected chi connectivity index (χ1v) is 8.51. The first-order chi connectivity index (χ1) is 12.9. The quantitative estimate of drug-likeness (QED) is 0.252. The second-order valence-corrected chi connectivity index (χ2v) is 6.13. The number of nitro benzene ring substituents is 1. The smallest absolute Gasteiger partial charge is 0.316 e. The Morgan fingerprint density at radius 3 is 2.81 bits per heavy atom. The molecule has 138 valence electrons. The maximum Gasteiger partial charge on any atom is 0.316 e. The van der Waals surface area contributed by atoms with Crippen LogP contribution in [-0.2, 0) is 16.1 Å². The summed E-state index contributed by atoms with van der Waals surface area (Å²) >= 11 is 1.04. The van der Waals surface area contributed by atoms with Gasteiger partial charge in [0.15, 0.2) is 0 Å². The number of benzene rings is 1. The Morgan fingerprint density at radius 2 is 2.22 bits per heavy atom. The number of carbonyl (C=O) groups excluding carboxylic acids is 1. The van der Waals surface area contributed by atoms with Crippen LogP contribution < -0.4 is 5.73 Å². The van der Waals surface area contributed by atoms with Crippen molar-refractivity contribution in [3.63, 3.8) is 0 Å². The molecule has 0 aliphatic carbocycles. The van der Waals surface area contributed by atoms with Crippen molar-refractivity contribution in [3.05, 3.63) is 45.5 Å². The first-order valence-electron chi connectivity index (χ1n) is 7.52. The van der Waals surface area contributed by atoms with Crippen molar-refractivity contribution < 1.29 is 14.5 Å². The molecule has 9 nitrogen and oxygen atoms in total. The van der Waals surface area contributed by atoms with Gasteiger partial charge in [0.25, 0.3) is 5.69 Å². The highest BCUT2D eigenvalue weighted by Crippen LogP contribution is 2.40. The van der Waals surface area contributed by atoms with Crippen molar-refractivity contribution in [2.45, 2.75) is 11.6 Å². The number of aromatic nitrogens is 1. The molecule has 10 heteroatoms. The molecule has 0 unspecified atom stereocenters. The van der Waals surface area contributed by atoms with E-state index in [-0.39, 0.29) is 40.5 Å². The molecule has 0 amide bonds. The lowest BCUT2D eigenvalue weighted by Gasteiger charge is -2.16. The molecule has 0 fully saturated rings. The van der Waals surface area contributed by atoms with Gasteiger partial charge < -0.3 is 10.5 Å². The molecule has 1 aromatic heterocycles. The summed E-state index contributed by atoms with van der Waals surface area (Å²) < 4.78 is 4.62. The van der Waals surface area contributed by atoms with E-state index in [1.165, 1.54) is 25.3 Å². The number of thioether (sulfide) groups is 1. The number of carbonyl (C=O) groups is 1. The van der Waals surface area contributed by atoms with Gasteiger partial charge in [-0.05, 0) is 12.8 Å². The highest BCUT2D eigenvalue weighted by atomic mass is 32.2. The standard InChI is InChI=1S/C17H15N5O4S/c1-20-8-12-15(10-5-3-4-6-13(10)22(24)25)11(7-18)16(19)21-17(12)27-9-14(23)26-2/h3-6H,1,8-9H2,2H3,(H2,19,21). The minimum atomic E-state index is -0.542. The summed E-state index contributed by atoms with van der Waals surface area (Å²) in [6.45, 7) is 3.49. The van der Waals surface area contributed by atoms with Gasteiger partial charge in [0.05, 0.1) is 29.9 Å². The Balaban J connectivity index is 2.80. The Bertz CT molecular complexity index is 955. The zero-order chi connectivity index (χ0) is 20.0. The van der Waals surface area contributed by atoms with Crippen LogP contribution in [0.1, 0.15) is 11.1 Å². The number of methoxy groups -OCH3 is 1. The van der Waals surface area contributed by atoms with Gasteiger partial charge in [-0.3, -0.25) is 19.9 Å². The second kappa shape index (κ2) is 8.77. The number of rotatable bonds is 7. The van der Waals surface area contributed by atoms with E-state index in [1.54, 1.807) is 6.07 Å². The average Bonchev–Trinajstić information content (AvgIpc) is 2.67. The number of esters is 1. The zero-order valence-electron chi connectivity index (χ0n) is 14.3. The van der Waals surface area contributed by atoms with Gasteiger partial charge >= 0.3 is 5.97 Å². The number of anilines is 1. The van der Waals surface area contributed by atoms with Crippen LogP contribution in [0.5, 0.6) is 0 Å². The summed E-state index contributed by atoms with van der Waals surface area (Å²) in [5, 5.41) is 21.4. The molecule has 0 aliphatic heterocycles. The maximum absolute atomic E-state index is 11.5. The Hall–Kier alpha value is -3.45. The molecule has 27 heavy (non-hydrogen) atoms. The molecule has 0 bridgehead atoms. The second-order valence-electron chi connectivity index (χ2n) is 5.16. The largest absolute Gasteiger partial charge is 0.468 e. The van der Waals surface area contributed by atoms with E-state index in [0.717, 1.165) is 11.8 Å². The molecule has 1 heterocycles. The third-order valence-electron chi connectivity index (χ3n) is 3.59. The topological polar surface area (TPSA) is 144 Å². The fourth-order valence-electron chi connectivity index (χ4n) is 2.44. The number of pyridine rings is 1. The number of hydrogen-bond donors (Lipinski definition) is 1. The predicted octanol–water partition coefficient (Wildman–Crippen LogP) is 2.58. The van der Waals surface area contributed by atoms with Gasteiger partial charge in [0.1, 0.15) is 22.5 Å². The molecule has 2 aromatic rings. The van der Waals surface area contributed by atoms with Gasteiger partial charge in [-0.1, -0.05) is 23.9 Å². The lowest BCUT2D eigenvalue weighted by molar-refractivity contribution is -0.384. The van der Waals surface area contributed by atoms with Crippen LogP contribution in [-0.4, -0.2) is 35.5 Å². The molecule has 2 N–H and O–H groups in total. The molecule has 0 aliphatic rings. The van der Waals surface area contributed by atoms with Crippen LogP contribution in [0.4, 0.5) is 11.5 Å². The molecule has 0 saturated heterocycles. The maximum atomic E-state index is 11.5. The number of ether oxygens (including phenoxy) is 1. The summed E-state index contributed by atoms with van der Waals surface area (Å²) in [6.07, 6.45) is 0. The van der Waals surface area contributed by atoms with Crippen molar-refractivity contribution >= 4 is 36.0 Å². The van der Waals surface area contributed by atoms with E-state index in [9.17, 15) is 20.2 Å². The SMILES string of the molecule is C=NCc1c(SCC(=O)OC)nc(N)c(C#N)c1-c1ccccc1[N+](=O)[O-]. The van der Waals surface area contributed by atoms with E-state index in [1.807, 2.05) is 6.07 Å². The lowest BCUT2D eigenvalue weighted by Crippen LogP contribution is -2.08. The fraction of sp³-hybridized carbons (Fsp3) is 0.176. The normalized spacial score (nSPS) is 10.1. The molecular weight excluding hydrogens is 370 g/mol. The van der Waals surface area contributed by atoms with Crippen LogP contribution in [0.25, 0.3) is 11.1 Å². The molecule has 0 saturated carbocycles. The van der Waals surface area contributed by atoms with E-state index >= 15 is 0 Å². The van der Waals surface area contributed by atoms with E-state index in [2.05, 4.69) is 21.4 Å². The van der Waals surface area contributed by atoms with Crippen LogP contribution in [0.15, 0.2) is 34.3 Å². The predicted molar refractivity (Wildman–Crippen MR) is 101 cm³/mol. The Morgan fingerprint density at radius 1 is 1.52 bits per heavy atom. The summed E-state index contributed by atoms with van der Waals surface area (Å²) in [6, 6.07) is 7.96. The minimum absolute atomic E-state index is 0.00497. The van der Waals surface area contributed by atoms with E-state index in [0.29, 0.717) is 10.6 Å². The van der Waals surface area contributed by atoms with Crippen molar-refractivity contribution in [1.82, 2.24) is 4.98 Å². The molecule has 0 atom stereocenters. The van der Waals surface area contributed by atoms with Crippen LogP contribution in [0.2, 0.25) is 0 Å². The fourth-order valence-corrected chi connectivity index (χ4v) is 3.31. The number of nitro groups is 1. The summed E-state index contributed by atoms with van der Waals surface area (Å²) in [7, 11) is 1.26. The van der Waals surface area contributed by atoms with Gasteiger partial charge in [-0.25, -0.2) is 4.98 Å². The highest BCUT2D eigenvalue weighted by molar-refractivity contribution is 7.99. The van der Waals surface area contributed by atoms with Crippen molar-refractivity contribution in [2.75, 3.05) is 18.6 Å². The number of para-hydroxylation sites is 1. The first kappa shape index (κ1) is 19.9. The Kier molecular flexibility index (Phi) is 6.46. The Labute approximate surface area is 159 Å². The molecule has 0 spiro atoms. The monoisotopic (exact) mass is 385 g/mol. The van der Waals surface area contributed by atoms with Gasteiger partial charge in [0, 0.05) is 17.2 Å². The molecular formula is C17H15N5O4S. The van der Waals surface area contributed by atoms with Crippen LogP contribution in [0.3, 0.4) is 0 Å². The third kappa shape index (κ3) is 4.21. The lowest BCUT2D eigenvalue weighted by atomic mass is 9.95. The van der Waals surface area contributed by atoms with Crippen LogP contribution >= 0.6 is 11.8 Å². The number of nitrogens with zero attached hydrogens (tertiary/aromatic N) is 4. The molecule has 2 rings (SSSR count). The zero-order valence-corrected chi connectivity index (χ0v) is 15.2. The van der Waals surface area contributed by atoms with Crippen molar-refractivity contribution in [2.24, 2.45) is 4.99 Å². The van der Waals surface area contributed by atoms with E-state index in [4.69, 9.17) is 5.73 Å². The summed E-state index contributed by atoms with van der Waals surface area (Å²) in [5.74, 6) is -0.615. The average molecular weight is 385 g/mol. The summed E-state index contributed by atoms with van der Waals surface area (Å²) in [5.41, 5.74) is 6.64.